The minimum atomic E-state index is -3.14. The average Bonchev–Trinajstić information content (AvgIpc) is 2.89. The zero-order valence-electron chi connectivity index (χ0n) is 17.0. The SMILES string of the molecule is CC(C)(C)OC(=O)N1CCC(O)(CNCC2CCC(NS(C)(=O)=O)CC2)C1. The normalized spacial score (nSPS) is 29.7. The van der Waals surface area contributed by atoms with E-state index in [1.165, 1.54) is 6.26 Å². The molecule has 1 aliphatic carbocycles. The second-order valence-electron chi connectivity index (χ2n) is 9.11. The van der Waals surface area contributed by atoms with Crippen LogP contribution in [0.3, 0.4) is 0 Å². The lowest BCUT2D eigenvalue weighted by Gasteiger charge is -2.30. The first-order valence-corrected chi connectivity index (χ1v) is 11.6. The second kappa shape index (κ2) is 8.63. The Balaban J connectivity index is 1.68. The molecule has 0 radical (unpaired) electrons. The molecule has 1 unspecified atom stereocenters. The first kappa shape index (κ1) is 22.4. The number of hydrogen-bond donors (Lipinski definition) is 3. The summed E-state index contributed by atoms with van der Waals surface area (Å²) in [5.41, 5.74) is -1.47. The smallest absolute Gasteiger partial charge is 0.410 e. The Morgan fingerprint density at radius 1 is 1.26 bits per heavy atom. The molecule has 1 aliphatic heterocycles. The molecule has 0 aromatic heterocycles. The van der Waals surface area contributed by atoms with Gasteiger partial charge < -0.3 is 20.1 Å². The molecule has 27 heavy (non-hydrogen) atoms. The molecular weight excluding hydrogens is 370 g/mol. The monoisotopic (exact) mass is 405 g/mol. The van der Waals surface area contributed by atoms with Crippen molar-refractivity contribution in [2.45, 2.75) is 70.1 Å². The van der Waals surface area contributed by atoms with Gasteiger partial charge in [-0.25, -0.2) is 17.9 Å². The molecule has 1 heterocycles. The molecule has 3 N–H and O–H groups in total. The lowest BCUT2D eigenvalue weighted by atomic mass is 9.86. The van der Waals surface area contributed by atoms with Crippen LogP contribution in [0.25, 0.3) is 0 Å². The Morgan fingerprint density at radius 2 is 1.89 bits per heavy atom. The highest BCUT2D eigenvalue weighted by Gasteiger charge is 2.39. The van der Waals surface area contributed by atoms with Crippen LogP contribution in [0.15, 0.2) is 0 Å². The van der Waals surface area contributed by atoms with Gasteiger partial charge in [-0.1, -0.05) is 0 Å². The summed E-state index contributed by atoms with van der Waals surface area (Å²) in [4.78, 5) is 13.7. The first-order valence-electron chi connectivity index (χ1n) is 9.74. The van der Waals surface area contributed by atoms with Crippen molar-refractivity contribution >= 4 is 16.1 Å². The predicted octanol–water partition coefficient (Wildman–Crippen LogP) is 1.06. The van der Waals surface area contributed by atoms with Gasteiger partial charge in [0.15, 0.2) is 0 Å². The number of carbonyl (C=O) groups is 1. The number of rotatable bonds is 6. The van der Waals surface area contributed by atoms with Gasteiger partial charge in [0.05, 0.1) is 18.4 Å². The van der Waals surface area contributed by atoms with E-state index in [2.05, 4.69) is 10.0 Å². The molecule has 8 nitrogen and oxygen atoms in total. The van der Waals surface area contributed by atoms with Crippen molar-refractivity contribution in [1.29, 1.82) is 0 Å². The van der Waals surface area contributed by atoms with Gasteiger partial charge in [-0.3, -0.25) is 0 Å². The third-order valence-corrected chi connectivity index (χ3v) is 5.86. The van der Waals surface area contributed by atoms with E-state index in [1.54, 1.807) is 4.90 Å². The van der Waals surface area contributed by atoms with Crippen molar-refractivity contribution in [2.24, 2.45) is 5.92 Å². The topological polar surface area (TPSA) is 108 Å². The largest absolute Gasteiger partial charge is 0.444 e. The number of amides is 1. The van der Waals surface area contributed by atoms with Gasteiger partial charge in [0, 0.05) is 19.1 Å². The van der Waals surface area contributed by atoms with Crippen LogP contribution in [-0.2, 0) is 14.8 Å². The molecule has 0 aromatic carbocycles. The van der Waals surface area contributed by atoms with E-state index >= 15 is 0 Å². The Labute approximate surface area is 163 Å². The third-order valence-electron chi connectivity index (χ3n) is 5.10. The Bertz CT molecular complexity index is 611. The first-order chi connectivity index (χ1) is 12.4. The maximum Gasteiger partial charge on any atom is 0.410 e. The number of nitrogens with one attached hydrogen (secondary N) is 2. The summed E-state index contributed by atoms with van der Waals surface area (Å²) < 4.78 is 30.6. The van der Waals surface area contributed by atoms with Crippen molar-refractivity contribution in [3.8, 4) is 0 Å². The fourth-order valence-corrected chi connectivity index (χ4v) is 4.62. The van der Waals surface area contributed by atoms with Gasteiger partial charge in [-0.05, 0) is 65.3 Å². The number of nitrogens with zero attached hydrogens (tertiary/aromatic N) is 1. The van der Waals surface area contributed by atoms with E-state index in [0.29, 0.717) is 25.4 Å². The van der Waals surface area contributed by atoms with E-state index in [-0.39, 0.29) is 18.7 Å². The van der Waals surface area contributed by atoms with Crippen LogP contribution < -0.4 is 10.0 Å². The minimum absolute atomic E-state index is 0.0395. The summed E-state index contributed by atoms with van der Waals surface area (Å²) in [5, 5.41) is 14.1. The van der Waals surface area contributed by atoms with E-state index in [0.717, 1.165) is 32.2 Å². The van der Waals surface area contributed by atoms with Crippen LogP contribution in [0.1, 0.15) is 52.9 Å². The van der Waals surface area contributed by atoms with Crippen LogP contribution >= 0.6 is 0 Å². The van der Waals surface area contributed by atoms with Gasteiger partial charge in [0.2, 0.25) is 10.0 Å². The zero-order valence-corrected chi connectivity index (χ0v) is 17.8. The van der Waals surface area contributed by atoms with E-state index in [1.807, 2.05) is 20.8 Å². The molecule has 1 saturated heterocycles. The average molecular weight is 406 g/mol. The molecule has 0 aromatic rings. The number of carbonyl (C=O) groups excluding carboxylic acids is 1. The van der Waals surface area contributed by atoms with Crippen LogP contribution in [0, 0.1) is 5.92 Å². The van der Waals surface area contributed by atoms with Gasteiger partial charge in [0.25, 0.3) is 0 Å². The summed E-state index contributed by atoms with van der Waals surface area (Å²) in [6.45, 7) is 7.49. The molecule has 2 aliphatic rings. The molecule has 1 amide bonds. The highest BCUT2D eigenvalue weighted by molar-refractivity contribution is 7.88. The number of likely N-dealkylation sites (tertiary alicyclic amines) is 1. The fraction of sp³-hybridized carbons (Fsp3) is 0.944. The Kier molecular flexibility index (Phi) is 7.16. The van der Waals surface area contributed by atoms with Gasteiger partial charge in [-0.15, -0.1) is 0 Å². The summed E-state index contributed by atoms with van der Waals surface area (Å²) in [6.07, 6.45) is 4.96. The van der Waals surface area contributed by atoms with Crippen molar-refractivity contribution in [2.75, 3.05) is 32.4 Å². The predicted molar refractivity (Wildman–Crippen MR) is 104 cm³/mol. The van der Waals surface area contributed by atoms with Gasteiger partial charge >= 0.3 is 6.09 Å². The quantitative estimate of drug-likeness (QED) is 0.610. The van der Waals surface area contributed by atoms with Crippen molar-refractivity contribution in [3.05, 3.63) is 0 Å². The molecule has 0 spiro atoms. The summed E-state index contributed by atoms with van der Waals surface area (Å²) in [7, 11) is -3.14. The molecule has 158 valence electrons. The highest BCUT2D eigenvalue weighted by Crippen LogP contribution is 2.25. The van der Waals surface area contributed by atoms with E-state index in [4.69, 9.17) is 4.74 Å². The molecular formula is C18H35N3O5S. The molecule has 2 fully saturated rings. The number of β-amino-alcohol motifs (C(OH)–C–C–N with tert-alkyl or cyclic N) is 1. The van der Waals surface area contributed by atoms with Crippen LogP contribution in [0.5, 0.6) is 0 Å². The van der Waals surface area contributed by atoms with E-state index in [9.17, 15) is 18.3 Å². The van der Waals surface area contributed by atoms with Crippen molar-refractivity contribution < 1.29 is 23.1 Å². The maximum atomic E-state index is 12.1. The van der Waals surface area contributed by atoms with Gasteiger partial charge in [0.1, 0.15) is 5.60 Å². The Morgan fingerprint density at radius 3 is 2.44 bits per heavy atom. The molecule has 0 bridgehead atoms. The molecule has 1 atom stereocenters. The number of hydrogen-bond acceptors (Lipinski definition) is 6. The standard InChI is InChI=1S/C18H35N3O5S/c1-17(2,3)26-16(22)21-10-9-18(23,13-21)12-19-11-14-5-7-15(8-6-14)20-27(4,24)25/h14-15,19-20,23H,5-13H2,1-4H3. The van der Waals surface area contributed by atoms with Crippen LogP contribution in [0.2, 0.25) is 0 Å². The summed E-state index contributed by atoms with van der Waals surface area (Å²) in [5.74, 6) is 0.481. The lowest BCUT2D eigenvalue weighted by molar-refractivity contribution is 0.0151. The number of aliphatic hydroxyl groups is 1. The number of ether oxygens (including phenoxy) is 1. The van der Waals surface area contributed by atoms with Gasteiger partial charge in [-0.2, -0.15) is 0 Å². The molecule has 1 saturated carbocycles. The minimum Gasteiger partial charge on any atom is -0.444 e. The molecule has 9 heteroatoms. The Hall–Kier alpha value is -0.900. The lowest BCUT2D eigenvalue weighted by Crippen LogP contribution is -2.46. The van der Waals surface area contributed by atoms with Crippen LogP contribution in [0.4, 0.5) is 4.79 Å². The maximum absolute atomic E-state index is 12.1. The molecule has 2 rings (SSSR count). The van der Waals surface area contributed by atoms with Crippen molar-refractivity contribution in [3.63, 3.8) is 0 Å². The fourth-order valence-electron chi connectivity index (χ4n) is 3.78. The van der Waals surface area contributed by atoms with Crippen molar-refractivity contribution in [1.82, 2.24) is 14.9 Å². The second-order valence-corrected chi connectivity index (χ2v) is 10.9. The van der Waals surface area contributed by atoms with E-state index < -0.39 is 21.2 Å². The van der Waals surface area contributed by atoms with Crippen LogP contribution in [-0.4, -0.2) is 74.2 Å². The zero-order chi connectivity index (χ0) is 20.3. The summed E-state index contributed by atoms with van der Waals surface area (Å²) >= 11 is 0. The number of sulfonamides is 1. The highest BCUT2D eigenvalue weighted by atomic mass is 32.2. The third kappa shape index (κ3) is 7.93. The summed E-state index contributed by atoms with van der Waals surface area (Å²) in [6, 6.07) is 0.0395.